The molecule has 2 N–H and O–H groups in total. The molecule has 0 unspecified atom stereocenters. The molecule has 4 aromatic rings. The number of imidazole rings is 1. The lowest BCUT2D eigenvalue weighted by Crippen LogP contribution is -2.15. The van der Waals surface area contributed by atoms with Crippen LogP contribution < -0.4 is 10.1 Å². The molecular weight excluding hydrogens is 401 g/mol. The molecular formula is C24H23ClFN3O. The second-order valence-electron chi connectivity index (χ2n) is 7.15. The number of aryl methyl sites for hydroxylation is 1. The molecule has 0 radical (unpaired) electrons. The van der Waals surface area contributed by atoms with Gasteiger partial charge in [0, 0.05) is 18.5 Å². The van der Waals surface area contributed by atoms with Crippen molar-refractivity contribution in [3.8, 4) is 5.75 Å². The van der Waals surface area contributed by atoms with Crippen molar-refractivity contribution in [1.29, 1.82) is 0 Å². The number of halogens is 2. The first kappa shape index (κ1) is 20.4. The van der Waals surface area contributed by atoms with Crippen LogP contribution in [0.2, 0.25) is 5.02 Å². The Balaban J connectivity index is 1.18. The highest BCUT2D eigenvalue weighted by Crippen LogP contribution is 2.20. The van der Waals surface area contributed by atoms with Crippen molar-refractivity contribution < 1.29 is 9.13 Å². The number of para-hydroxylation sites is 2. The minimum absolute atomic E-state index is 0.304. The molecule has 6 heteroatoms. The van der Waals surface area contributed by atoms with Crippen LogP contribution in [0, 0.1) is 5.82 Å². The maximum Gasteiger partial charge on any atom is 0.124 e. The van der Waals surface area contributed by atoms with E-state index in [0.717, 1.165) is 54.1 Å². The molecule has 0 saturated carbocycles. The molecule has 0 aliphatic heterocycles. The molecule has 0 spiro atoms. The summed E-state index contributed by atoms with van der Waals surface area (Å²) in [5.74, 6) is 1.43. The Hall–Kier alpha value is -2.89. The predicted molar refractivity (Wildman–Crippen MR) is 118 cm³/mol. The number of aromatic amines is 1. The summed E-state index contributed by atoms with van der Waals surface area (Å²) in [6, 6.07) is 20.3. The normalized spacial score (nSPS) is 11.1. The number of hydrogen-bond donors (Lipinski definition) is 2. The molecule has 0 aliphatic rings. The molecule has 0 saturated heterocycles. The van der Waals surface area contributed by atoms with E-state index in [-0.39, 0.29) is 5.82 Å². The van der Waals surface area contributed by atoms with Gasteiger partial charge in [-0.1, -0.05) is 41.9 Å². The van der Waals surface area contributed by atoms with Crippen LogP contribution in [-0.4, -0.2) is 16.5 Å². The summed E-state index contributed by atoms with van der Waals surface area (Å²) in [6.45, 7) is 2.01. The first-order chi connectivity index (χ1) is 14.7. The summed E-state index contributed by atoms with van der Waals surface area (Å²) in [5, 5.41) is 3.83. The monoisotopic (exact) mass is 423 g/mol. The summed E-state index contributed by atoms with van der Waals surface area (Å²) >= 11 is 6.03. The molecule has 3 aromatic carbocycles. The van der Waals surface area contributed by atoms with Crippen LogP contribution in [0.25, 0.3) is 11.0 Å². The standard InChI is InChI=1S/C24H23ClFN3O/c25-21-14-19(26)10-9-18(21)16-30-20-11-7-17(8-12-20)15-27-13-3-6-24-28-22-4-1-2-5-23(22)29-24/h1-2,4-5,7-12,14,27H,3,6,13,15-16H2,(H,28,29). The Labute approximate surface area is 180 Å². The molecule has 1 heterocycles. The van der Waals surface area contributed by atoms with Crippen molar-refractivity contribution in [2.24, 2.45) is 0 Å². The van der Waals surface area contributed by atoms with E-state index in [1.807, 2.05) is 48.5 Å². The van der Waals surface area contributed by atoms with E-state index in [2.05, 4.69) is 15.3 Å². The number of aromatic nitrogens is 2. The van der Waals surface area contributed by atoms with Crippen molar-refractivity contribution >= 4 is 22.6 Å². The summed E-state index contributed by atoms with van der Waals surface area (Å²) in [6.07, 6.45) is 1.93. The second-order valence-corrected chi connectivity index (χ2v) is 7.56. The Bertz CT molecular complexity index is 1080. The Morgan fingerprint density at radius 1 is 1.03 bits per heavy atom. The Kier molecular flexibility index (Phi) is 6.62. The summed E-state index contributed by atoms with van der Waals surface area (Å²) < 4.78 is 18.8. The van der Waals surface area contributed by atoms with Gasteiger partial charge in [0.1, 0.15) is 24.0 Å². The highest BCUT2D eigenvalue weighted by Gasteiger charge is 2.04. The molecule has 1 aromatic heterocycles. The largest absolute Gasteiger partial charge is 0.489 e. The number of benzene rings is 3. The lowest BCUT2D eigenvalue weighted by Gasteiger charge is -2.09. The van der Waals surface area contributed by atoms with E-state index in [9.17, 15) is 4.39 Å². The van der Waals surface area contributed by atoms with Crippen LogP contribution >= 0.6 is 11.6 Å². The van der Waals surface area contributed by atoms with Crippen molar-refractivity contribution in [3.05, 3.63) is 94.5 Å². The maximum atomic E-state index is 13.1. The van der Waals surface area contributed by atoms with Gasteiger partial charge in [0.05, 0.1) is 16.1 Å². The third-order valence-electron chi connectivity index (χ3n) is 4.87. The number of fused-ring (bicyclic) bond motifs is 1. The van der Waals surface area contributed by atoms with Crippen LogP contribution in [-0.2, 0) is 19.6 Å². The fourth-order valence-corrected chi connectivity index (χ4v) is 3.46. The molecule has 0 aliphatic carbocycles. The van der Waals surface area contributed by atoms with Gasteiger partial charge in [-0.05, 0) is 54.9 Å². The summed E-state index contributed by atoms with van der Waals surface area (Å²) in [5.41, 5.74) is 4.05. The van der Waals surface area contributed by atoms with Crippen LogP contribution in [0.1, 0.15) is 23.4 Å². The lowest BCUT2D eigenvalue weighted by atomic mass is 10.2. The highest BCUT2D eigenvalue weighted by atomic mass is 35.5. The molecule has 0 amide bonds. The first-order valence-corrected chi connectivity index (χ1v) is 10.4. The number of nitrogens with one attached hydrogen (secondary N) is 2. The number of nitrogens with zero attached hydrogens (tertiary/aromatic N) is 1. The zero-order valence-corrected chi connectivity index (χ0v) is 17.3. The molecule has 4 rings (SSSR count). The van der Waals surface area contributed by atoms with E-state index in [0.29, 0.717) is 11.6 Å². The fourth-order valence-electron chi connectivity index (χ4n) is 3.24. The molecule has 0 fully saturated rings. The van der Waals surface area contributed by atoms with E-state index in [1.54, 1.807) is 6.07 Å². The smallest absolute Gasteiger partial charge is 0.124 e. The SMILES string of the molecule is Fc1ccc(COc2ccc(CNCCCc3nc4ccccc4[nH]3)cc2)c(Cl)c1. The zero-order valence-electron chi connectivity index (χ0n) is 16.5. The Morgan fingerprint density at radius 2 is 1.87 bits per heavy atom. The van der Waals surface area contributed by atoms with Crippen molar-refractivity contribution in [3.63, 3.8) is 0 Å². The van der Waals surface area contributed by atoms with Gasteiger partial charge in [0.25, 0.3) is 0 Å². The fraction of sp³-hybridized carbons (Fsp3) is 0.208. The van der Waals surface area contributed by atoms with Gasteiger partial charge in [-0.15, -0.1) is 0 Å². The lowest BCUT2D eigenvalue weighted by molar-refractivity contribution is 0.306. The minimum atomic E-state index is -0.349. The van der Waals surface area contributed by atoms with Gasteiger partial charge in [-0.3, -0.25) is 0 Å². The van der Waals surface area contributed by atoms with Crippen LogP contribution in [0.3, 0.4) is 0 Å². The first-order valence-electron chi connectivity index (χ1n) is 9.97. The minimum Gasteiger partial charge on any atom is -0.489 e. The van der Waals surface area contributed by atoms with Gasteiger partial charge in [0.2, 0.25) is 0 Å². The topological polar surface area (TPSA) is 49.9 Å². The number of H-pyrrole nitrogens is 1. The van der Waals surface area contributed by atoms with Gasteiger partial charge in [0.15, 0.2) is 0 Å². The van der Waals surface area contributed by atoms with Crippen molar-refractivity contribution in [1.82, 2.24) is 15.3 Å². The van der Waals surface area contributed by atoms with Crippen LogP contribution in [0.4, 0.5) is 4.39 Å². The van der Waals surface area contributed by atoms with E-state index < -0.39 is 0 Å². The molecule has 154 valence electrons. The van der Waals surface area contributed by atoms with E-state index in [4.69, 9.17) is 16.3 Å². The second kappa shape index (κ2) is 9.74. The Morgan fingerprint density at radius 3 is 2.67 bits per heavy atom. The summed E-state index contributed by atoms with van der Waals surface area (Å²) in [4.78, 5) is 7.96. The maximum absolute atomic E-state index is 13.1. The average molecular weight is 424 g/mol. The van der Waals surface area contributed by atoms with Gasteiger partial charge in [-0.2, -0.15) is 0 Å². The predicted octanol–water partition coefficient (Wildman–Crippen LogP) is 5.66. The van der Waals surface area contributed by atoms with Gasteiger partial charge >= 0.3 is 0 Å². The summed E-state index contributed by atoms with van der Waals surface area (Å²) in [7, 11) is 0. The van der Waals surface area contributed by atoms with E-state index in [1.165, 1.54) is 17.7 Å². The third-order valence-corrected chi connectivity index (χ3v) is 5.22. The van der Waals surface area contributed by atoms with Gasteiger partial charge < -0.3 is 15.0 Å². The zero-order chi connectivity index (χ0) is 20.8. The number of hydrogen-bond acceptors (Lipinski definition) is 3. The van der Waals surface area contributed by atoms with Gasteiger partial charge in [-0.25, -0.2) is 9.37 Å². The molecule has 0 bridgehead atoms. The number of ether oxygens (including phenoxy) is 1. The quantitative estimate of drug-likeness (QED) is 0.342. The van der Waals surface area contributed by atoms with E-state index >= 15 is 0 Å². The molecule has 0 atom stereocenters. The van der Waals surface area contributed by atoms with Crippen LogP contribution in [0.15, 0.2) is 66.7 Å². The molecule has 4 nitrogen and oxygen atoms in total. The molecule has 30 heavy (non-hydrogen) atoms. The van der Waals surface area contributed by atoms with Crippen molar-refractivity contribution in [2.45, 2.75) is 26.0 Å². The highest BCUT2D eigenvalue weighted by molar-refractivity contribution is 6.31. The third kappa shape index (κ3) is 5.38. The number of rotatable bonds is 9. The average Bonchev–Trinajstić information content (AvgIpc) is 3.17. The van der Waals surface area contributed by atoms with Crippen LogP contribution in [0.5, 0.6) is 5.75 Å². The van der Waals surface area contributed by atoms with Crippen molar-refractivity contribution in [2.75, 3.05) is 6.54 Å².